The number of H-pyrrole nitrogens is 1. The van der Waals surface area contributed by atoms with Crippen molar-refractivity contribution in [3.8, 4) is 5.75 Å². The van der Waals surface area contributed by atoms with E-state index in [1.807, 2.05) is 36.4 Å². The zero-order valence-corrected chi connectivity index (χ0v) is 21.8. The second-order valence-electron chi connectivity index (χ2n) is 9.42. The Hall–Kier alpha value is -5.57. The highest BCUT2D eigenvalue weighted by Crippen LogP contribution is 2.26. The van der Waals surface area contributed by atoms with E-state index < -0.39 is 23.9 Å². The molecule has 1 unspecified atom stereocenters. The number of hydrogen-bond acceptors (Lipinski definition) is 5. The Morgan fingerprint density at radius 1 is 0.854 bits per heavy atom. The Balaban J connectivity index is 1.31. The monoisotopic (exact) mass is 549 g/mol. The van der Waals surface area contributed by atoms with Crippen LogP contribution in [0.15, 0.2) is 103 Å². The fraction of sp³-hybridized carbons (Fsp3) is 0.0938. The molecule has 41 heavy (non-hydrogen) atoms. The minimum atomic E-state index is -1.19. The van der Waals surface area contributed by atoms with Crippen LogP contribution in [0.1, 0.15) is 31.8 Å². The highest BCUT2D eigenvalue weighted by atomic mass is 16.5. The van der Waals surface area contributed by atoms with Crippen LogP contribution >= 0.6 is 0 Å². The lowest BCUT2D eigenvalue weighted by molar-refractivity contribution is -0.139. The maximum absolute atomic E-state index is 13.2. The lowest BCUT2D eigenvalue weighted by Crippen LogP contribution is -2.42. The third-order valence-corrected chi connectivity index (χ3v) is 6.57. The predicted octanol–water partition coefficient (Wildman–Crippen LogP) is 5.61. The molecule has 0 aliphatic rings. The molecule has 0 spiro atoms. The van der Waals surface area contributed by atoms with Crippen LogP contribution in [0.5, 0.6) is 5.75 Å². The second-order valence-corrected chi connectivity index (χ2v) is 9.42. The van der Waals surface area contributed by atoms with Crippen molar-refractivity contribution in [3.63, 3.8) is 0 Å². The Labute approximate surface area is 235 Å². The molecule has 1 aromatic heterocycles. The predicted molar refractivity (Wildman–Crippen MR) is 155 cm³/mol. The number of aliphatic carboxylic acids is 1. The van der Waals surface area contributed by atoms with Crippen molar-refractivity contribution in [2.75, 3.05) is 5.32 Å². The van der Waals surface area contributed by atoms with Crippen LogP contribution in [0.25, 0.3) is 10.9 Å². The topological polar surface area (TPSA) is 141 Å². The zero-order valence-electron chi connectivity index (χ0n) is 21.8. The van der Waals surface area contributed by atoms with E-state index in [4.69, 9.17) is 4.74 Å². The molecule has 5 aromatic rings. The van der Waals surface area contributed by atoms with Gasteiger partial charge in [-0.3, -0.25) is 4.79 Å². The summed E-state index contributed by atoms with van der Waals surface area (Å²) in [5.74, 6) is -2.15. The molecule has 0 saturated heterocycles. The number of para-hydroxylation sites is 2. The van der Waals surface area contributed by atoms with Gasteiger partial charge in [-0.2, -0.15) is 0 Å². The maximum Gasteiger partial charge on any atom is 0.335 e. The van der Waals surface area contributed by atoms with Crippen molar-refractivity contribution in [1.82, 2.24) is 10.3 Å². The zero-order chi connectivity index (χ0) is 28.8. The highest BCUT2D eigenvalue weighted by Gasteiger charge is 2.24. The number of rotatable bonds is 11. The summed E-state index contributed by atoms with van der Waals surface area (Å²) in [6.45, 7) is 0.163. The molecule has 0 saturated carbocycles. The van der Waals surface area contributed by atoms with Crippen molar-refractivity contribution in [2.45, 2.75) is 19.1 Å². The van der Waals surface area contributed by atoms with Crippen molar-refractivity contribution >= 4 is 40.1 Å². The molecule has 206 valence electrons. The molecule has 0 aliphatic carbocycles. The van der Waals surface area contributed by atoms with Crippen LogP contribution in [-0.4, -0.2) is 39.1 Å². The van der Waals surface area contributed by atoms with E-state index in [0.717, 1.165) is 16.6 Å². The van der Waals surface area contributed by atoms with Gasteiger partial charge in [0, 0.05) is 29.2 Å². The first-order chi connectivity index (χ1) is 19.9. The largest absolute Gasteiger partial charge is 0.489 e. The van der Waals surface area contributed by atoms with Gasteiger partial charge in [0.2, 0.25) is 0 Å². The number of nitrogens with one attached hydrogen (secondary N) is 3. The molecule has 9 nitrogen and oxygen atoms in total. The number of carboxylic acids is 2. The number of benzene rings is 4. The fourth-order valence-corrected chi connectivity index (χ4v) is 4.50. The number of carbonyl (C=O) groups excluding carboxylic acids is 1. The van der Waals surface area contributed by atoms with Gasteiger partial charge < -0.3 is 30.6 Å². The summed E-state index contributed by atoms with van der Waals surface area (Å²) in [5.41, 5.74) is 4.04. The number of aromatic carboxylic acids is 1. The van der Waals surface area contributed by atoms with E-state index in [0.29, 0.717) is 28.1 Å². The molecule has 1 amide bonds. The molecule has 9 heteroatoms. The molecule has 1 atom stereocenters. The number of amides is 1. The minimum Gasteiger partial charge on any atom is -0.489 e. The summed E-state index contributed by atoms with van der Waals surface area (Å²) in [6, 6.07) is 27.0. The smallest absolute Gasteiger partial charge is 0.335 e. The number of anilines is 2. The number of aromatic amines is 1. The molecule has 1 heterocycles. The molecule has 0 bridgehead atoms. The Bertz CT molecular complexity index is 1710. The first-order valence-corrected chi connectivity index (χ1v) is 12.9. The summed E-state index contributed by atoms with van der Waals surface area (Å²) in [5, 5.41) is 25.8. The van der Waals surface area contributed by atoms with E-state index in [9.17, 15) is 24.6 Å². The van der Waals surface area contributed by atoms with Crippen LogP contribution in [-0.2, 0) is 17.8 Å². The number of carbonyl (C=O) groups is 3. The molecule has 0 aliphatic heterocycles. The van der Waals surface area contributed by atoms with Crippen molar-refractivity contribution in [3.05, 3.63) is 126 Å². The summed E-state index contributed by atoms with van der Waals surface area (Å²) in [7, 11) is 0. The van der Waals surface area contributed by atoms with Crippen LogP contribution < -0.4 is 15.4 Å². The molecule has 5 rings (SSSR count). The van der Waals surface area contributed by atoms with Gasteiger partial charge in [0.05, 0.1) is 16.8 Å². The summed E-state index contributed by atoms with van der Waals surface area (Å²) in [6.07, 6.45) is 1.76. The van der Waals surface area contributed by atoms with Crippen molar-refractivity contribution in [1.29, 1.82) is 0 Å². The van der Waals surface area contributed by atoms with Gasteiger partial charge in [0.1, 0.15) is 18.4 Å². The highest BCUT2D eigenvalue weighted by molar-refractivity contribution is 6.02. The van der Waals surface area contributed by atoms with Crippen molar-refractivity contribution < 1.29 is 29.3 Å². The first kappa shape index (κ1) is 27.0. The molecule has 0 fully saturated rings. The molecule has 5 N–H and O–H groups in total. The number of fused-ring (bicyclic) bond motifs is 1. The van der Waals surface area contributed by atoms with E-state index in [-0.39, 0.29) is 18.6 Å². The Kier molecular flexibility index (Phi) is 7.96. The van der Waals surface area contributed by atoms with Gasteiger partial charge in [0.25, 0.3) is 5.91 Å². The minimum absolute atomic E-state index is 0.0411. The summed E-state index contributed by atoms with van der Waals surface area (Å²) < 4.78 is 5.90. The number of carboxylic acid groups (broad SMARTS) is 2. The van der Waals surface area contributed by atoms with E-state index >= 15 is 0 Å². The molecule has 0 radical (unpaired) electrons. The van der Waals surface area contributed by atoms with Gasteiger partial charge in [0.15, 0.2) is 0 Å². The number of aromatic nitrogens is 1. The number of hydrogen-bond donors (Lipinski definition) is 5. The summed E-state index contributed by atoms with van der Waals surface area (Å²) >= 11 is 0. The standard InChI is InChI=1S/C32H27N3O6/c36-30(25-11-4-5-12-28(25)34-23-9-2-1-3-10-23)35-29(32(39)40)16-22-18-33-27-14-13-24(17-26(22)27)41-19-20-7-6-8-21(15-20)31(37)38/h1-15,17-18,29,33-34H,16,19H2,(H,35,36)(H,37,38)(H,39,40). The Morgan fingerprint density at radius 2 is 1.63 bits per heavy atom. The average Bonchev–Trinajstić information content (AvgIpc) is 3.38. The maximum atomic E-state index is 13.2. The molecular formula is C32H27N3O6. The SMILES string of the molecule is O=C(O)c1cccc(COc2ccc3[nH]cc(CC(NC(=O)c4ccccc4Nc4ccccc4)C(=O)O)c3c2)c1. The molecule has 4 aromatic carbocycles. The van der Waals surface area contributed by atoms with E-state index in [2.05, 4.69) is 15.6 Å². The normalized spacial score (nSPS) is 11.5. The lowest BCUT2D eigenvalue weighted by atomic mass is 10.0. The van der Waals surface area contributed by atoms with E-state index in [1.54, 1.807) is 60.8 Å². The van der Waals surface area contributed by atoms with Crippen LogP contribution in [0.3, 0.4) is 0 Å². The number of ether oxygens (including phenoxy) is 1. The van der Waals surface area contributed by atoms with Gasteiger partial charge >= 0.3 is 11.9 Å². The van der Waals surface area contributed by atoms with Gasteiger partial charge in [-0.05, 0) is 65.7 Å². The van der Waals surface area contributed by atoms with Gasteiger partial charge in [-0.15, -0.1) is 0 Å². The Morgan fingerprint density at radius 3 is 2.41 bits per heavy atom. The van der Waals surface area contributed by atoms with Gasteiger partial charge in [-0.1, -0.05) is 42.5 Å². The molecular weight excluding hydrogens is 522 g/mol. The third-order valence-electron chi connectivity index (χ3n) is 6.57. The second kappa shape index (κ2) is 12.1. The van der Waals surface area contributed by atoms with Crippen LogP contribution in [0.4, 0.5) is 11.4 Å². The summed E-state index contributed by atoms with van der Waals surface area (Å²) in [4.78, 5) is 39.8. The first-order valence-electron chi connectivity index (χ1n) is 12.9. The quantitative estimate of drug-likeness (QED) is 0.144. The van der Waals surface area contributed by atoms with Crippen LogP contribution in [0.2, 0.25) is 0 Å². The van der Waals surface area contributed by atoms with Crippen molar-refractivity contribution in [2.24, 2.45) is 0 Å². The van der Waals surface area contributed by atoms with Crippen LogP contribution in [0, 0.1) is 0 Å². The fourth-order valence-electron chi connectivity index (χ4n) is 4.50. The lowest BCUT2D eigenvalue weighted by Gasteiger charge is -2.17. The average molecular weight is 550 g/mol. The van der Waals surface area contributed by atoms with E-state index in [1.165, 1.54) is 6.07 Å². The third kappa shape index (κ3) is 6.54. The van der Waals surface area contributed by atoms with Gasteiger partial charge in [-0.25, -0.2) is 9.59 Å².